The zero-order valence-electron chi connectivity index (χ0n) is 16.4. The van der Waals surface area contributed by atoms with Crippen LogP contribution in [-0.4, -0.2) is 63.0 Å². The second-order valence-electron chi connectivity index (χ2n) is 7.60. The van der Waals surface area contributed by atoms with Gasteiger partial charge in [-0.25, -0.2) is 4.79 Å². The summed E-state index contributed by atoms with van der Waals surface area (Å²) in [5, 5.41) is 7.09. The van der Waals surface area contributed by atoms with Gasteiger partial charge >= 0.3 is 6.03 Å². The van der Waals surface area contributed by atoms with Crippen LogP contribution in [0.4, 0.5) is 4.79 Å². The number of nitrogens with one attached hydrogen (secondary N) is 2. The number of urea groups is 1. The number of rotatable bonds is 6. The highest BCUT2D eigenvalue weighted by atomic mass is 16.5. The van der Waals surface area contributed by atoms with Gasteiger partial charge in [0, 0.05) is 43.6 Å². The molecule has 28 heavy (non-hydrogen) atoms. The number of furan rings is 1. The Balaban J connectivity index is 1.33. The summed E-state index contributed by atoms with van der Waals surface area (Å²) in [6.07, 6.45) is 1.04. The molecule has 0 saturated carbocycles. The van der Waals surface area contributed by atoms with Crippen LogP contribution in [0.25, 0.3) is 11.0 Å². The van der Waals surface area contributed by atoms with Crippen LogP contribution in [0, 0.1) is 5.92 Å². The average Bonchev–Trinajstić information content (AvgIpc) is 3.39. The Morgan fingerprint density at radius 3 is 2.79 bits per heavy atom. The first-order valence-corrected chi connectivity index (χ1v) is 10.1. The Morgan fingerprint density at radius 2 is 2.04 bits per heavy atom. The minimum absolute atomic E-state index is 0.176. The summed E-state index contributed by atoms with van der Waals surface area (Å²) in [6, 6.07) is 9.73. The molecule has 2 aliphatic rings. The molecular weight excluding hydrogens is 358 g/mol. The Morgan fingerprint density at radius 1 is 1.21 bits per heavy atom. The lowest BCUT2D eigenvalue weighted by Gasteiger charge is -2.37. The smallest absolute Gasteiger partial charge is 0.315 e. The van der Waals surface area contributed by atoms with Crippen LogP contribution in [0.5, 0.6) is 0 Å². The number of fused-ring (bicyclic) bond motifs is 1. The van der Waals surface area contributed by atoms with Crippen molar-refractivity contribution in [2.24, 2.45) is 5.92 Å². The molecule has 2 fully saturated rings. The fourth-order valence-electron chi connectivity index (χ4n) is 4.09. The standard InChI is InChI=1S/C21H29N3O4/c1-15(20-12-16-4-2-3-5-19(16)28-20)23-21(25)22-13-18(17-6-9-27-14-17)24-7-10-26-11-8-24/h2-5,12,15,17-18H,6-11,13-14H2,1H3,(H2,22,23,25)/t15-,17+,18-/m0/s1. The molecule has 1 aromatic carbocycles. The van der Waals surface area contributed by atoms with Gasteiger partial charge in [-0.1, -0.05) is 18.2 Å². The quantitative estimate of drug-likeness (QED) is 0.797. The van der Waals surface area contributed by atoms with Gasteiger partial charge in [0.05, 0.1) is 25.9 Å². The van der Waals surface area contributed by atoms with Gasteiger partial charge in [-0.2, -0.15) is 0 Å². The highest BCUT2D eigenvalue weighted by molar-refractivity contribution is 5.78. The van der Waals surface area contributed by atoms with Crippen molar-refractivity contribution in [3.8, 4) is 0 Å². The maximum atomic E-state index is 12.5. The van der Waals surface area contributed by atoms with Crippen molar-refractivity contribution in [1.29, 1.82) is 0 Å². The summed E-state index contributed by atoms with van der Waals surface area (Å²) in [6.45, 7) is 7.41. The molecular formula is C21H29N3O4. The van der Waals surface area contributed by atoms with Crippen LogP contribution < -0.4 is 10.6 Å². The van der Waals surface area contributed by atoms with Crippen molar-refractivity contribution < 1.29 is 18.7 Å². The molecule has 3 atom stereocenters. The van der Waals surface area contributed by atoms with E-state index in [1.165, 1.54) is 0 Å². The molecule has 152 valence electrons. The third-order valence-electron chi connectivity index (χ3n) is 5.71. The van der Waals surface area contributed by atoms with Crippen LogP contribution in [0.3, 0.4) is 0 Å². The molecule has 2 saturated heterocycles. The van der Waals surface area contributed by atoms with Gasteiger partial charge < -0.3 is 24.5 Å². The number of hydrogen-bond acceptors (Lipinski definition) is 5. The molecule has 3 heterocycles. The Kier molecular flexibility index (Phi) is 6.14. The van der Waals surface area contributed by atoms with Crippen molar-refractivity contribution in [1.82, 2.24) is 15.5 Å². The molecule has 2 aliphatic heterocycles. The Hall–Kier alpha value is -2.09. The number of carbonyl (C=O) groups is 1. The number of carbonyl (C=O) groups excluding carboxylic acids is 1. The van der Waals surface area contributed by atoms with Gasteiger partial charge in [0.25, 0.3) is 0 Å². The second-order valence-corrected chi connectivity index (χ2v) is 7.60. The molecule has 2 amide bonds. The molecule has 0 bridgehead atoms. The van der Waals surface area contributed by atoms with E-state index in [2.05, 4.69) is 15.5 Å². The van der Waals surface area contributed by atoms with Gasteiger partial charge in [-0.15, -0.1) is 0 Å². The average molecular weight is 387 g/mol. The molecule has 2 N–H and O–H groups in total. The summed E-state index contributed by atoms with van der Waals surface area (Å²) in [5.74, 6) is 1.21. The van der Waals surface area contributed by atoms with Gasteiger partial charge in [-0.3, -0.25) is 4.90 Å². The number of benzene rings is 1. The van der Waals surface area contributed by atoms with E-state index >= 15 is 0 Å². The fraction of sp³-hybridized carbons (Fsp3) is 0.571. The number of morpholine rings is 1. The Bertz CT molecular complexity index is 748. The molecule has 7 heteroatoms. The van der Waals surface area contributed by atoms with Crippen LogP contribution in [-0.2, 0) is 9.47 Å². The van der Waals surface area contributed by atoms with E-state index in [9.17, 15) is 4.79 Å². The molecule has 0 unspecified atom stereocenters. The summed E-state index contributed by atoms with van der Waals surface area (Å²) in [4.78, 5) is 14.9. The first kappa shape index (κ1) is 19.2. The maximum absolute atomic E-state index is 12.5. The summed E-state index contributed by atoms with van der Waals surface area (Å²) in [5.41, 5.74) is 0.833. The van der Waals surface area contributed by atoms with E-state index in [1.807, 2.05) is 37.3 Å². The molecule has 7 nitrogen and oxygen atoms in total. The van der Waals surface area contributed by atoms with Crippen molar-refractivity contribution in [2.75, 3.05) is 46.1 Å². The van der Waals surface area contributed by atoms with E-state index in [0.717, 1.165) is 62.7 Å². The predicted molar refractivity (Wildman–Crippen MR) is 106 cm³/mol. The zero-order chi connectivity index (χ0) is 19.3. The van der Waals surface area contributed by atoms with E-state index in [-0.39, 0.29) is 18.1 Å². The van der Waals surface area contributed by atoms with E-state index < -0.39 is 0 Å². The largest absolute Gasteiger partial charge is 0.459 e. The Labute approximate surface area is 165 Å². The molecule has 0 spiro atoms. The number of para-hydroxylation sites is 1. The first-order valence-electron chi connectivity index (χ1n) is 10.1. The zero-order valence-corrected chi connectivity index (χ0v) is 16.4. The molecule has 4 rings (SSSR count). The molecule has 2 aromatic rings. The van der Waals surface area contributed by atoms with Crippen LogP contribution in [0.2, 0.25) is 0 Å². The number of nitrogens with zero attached hydrogens (tertiary/aromatic N) is 1. The maximum Gasteiger partial charge on any atom is 0.315 e. The summed E-state index contributed by atoms with van der Waals surface area (Å²) < 4.78 is 16.9. The second kappa shape index (κ2) is 8.94. The number of ether oxygens (including phenoxy) is 2. The number of hydrogen-bond donors (Lipinski definition) is 2. The number of amides is 2. The minimum atomic E-state index is -0.205. The third-order valence-corrected chi connectivity index (χ3v) is 5.71. The molecule has 1 aromatic heterocycles. The summed E-state index contributed by atoms with van der Waals surface area (Å²) in [7, 11) is 0. The highest BCUT2D eigenvalue weighted by Gasteiger charge is 2.31. The first-order chi connectivity index (χ1) is 13.7. The fourth-order valence-corrected chi connectivity index (χ4v) is 4.09. The lowest BCUT2D eigenvalue weighted by atomic mass is 9.97. The molecule has 0 aliphatic carbocycles. The normalized spacial score (nSPS) is 22.8. The van der Waals surface area contributed by atoms with Gasteiger partial charge in [-0.05, 0) is 25.5 Å². The van der Waals surface area contributed by atoms with Gasteiger partial charge in [0.15, 0.2) is 0 Å². The van der Waals surface area contributed by atoms with Gasteiger partial charge in [0.2, 0.25) is 0 Å². The van der Waals surface area contributed by atoms with Crippen molar-refractivity contribution in [3.05, 3.63) is 36.1 Å². The van der Waals surface area contributed by atoms with E-state index in [0.29, 0.717) is 12.5 Å². The van der Waals surface area contributed by atoms with Crippen LogP contribution >= 0.6 is 0 Å². The lowest BCUT2D eigenvalue weighted by Crippen LogP contribution is -2.53. The molecule has 0 radical (unpaired) electrons. The van der Waals surface area contributed by atoms with E-state index in [4.69, 9.17) is 13.9 Å². The predicted octanol–water partition coefficient (Wildman–Crippen LogP) is 2.53. The van der Waals surface area contributed by atoms with Crippen molar-refractivity contribution in [2.45, 2.75) is 25.4 Å². The van der Waals surface area contributed by atoms with Gasteiger partial charge in [0.1, 0.15) is 11.3 Å². The van der Waals surface area contributed by atoms with Crippen molar-refractivity contribution in [3.63, 3.8) is 0 Å². The topological polar surface area (TPSA) is 76.0 Å². The van der Waals surface area contributed by atoms with Crippen LogP contribution in [0.1, 0.15) is 25.1 Å². The monoisotopic (exact) mass is 387 g/mol. The lowest BCUT2D eigenvalue weighted by molar-refractivity contribution is 0.00211. The van der Waals surface area contributed by atoms with Crippen molar-refractivity contribution >= 4 is 17.0 Å². The SMILES string of the molecule is C[C@H](NC(=O)NC[C@@H]([C@@H]1CCOC1)N1CCOCC1)c1cc2ccccc2o1. The highest BCUT2D eigenvalue weighted by Crippen LogP contribution is 2.24. The minimum Gasteiger partial charge on any atom is -0.459 e. The van der Waals surface area contributed by atoms with E-state index in [1.54, 1.807) is 0 Å². The summed E-state index contributed by atoms with van der Waals surface area (Å²) >= 11 is 0. The van der Waals surface area contributed by atoms with Crippen LogP contribution in [0.15, 0.2) is 34.7 Å². The third kappa shape index (κ3) is 4.48.